The van der Waals surface area contributed by atoms with Gasteiger partial charge in [-0.05, 0) is 19.2 Å². The van der Waals surface area contributed by atoms with E-state index in [9.17, 15) is 9.59 Å². The first kappa shape index (κ1) is 10.3. The number of Topliss-reactive ketones (excluding diaryl/α,β-unsaturated/α-hetero) is 1. The van der Waals surface area contributed by atoms with E-state index in [-0.39, 0.29) is 0 Å². The second kappa shape index (κ2) is 4.48. The Hall–Kier alpha value is -1.75. The first-order chi connectivity index (χ1) is 6.66. The van der Waals surface area contributed by atoms with Gasteiger partial charge >= 0.3 is 5.97 Å². The van der Waals surface area contributed by atoms with Crippen LogP contribution in [0.4, 0.5) is 0 Å². The highest BCUT2D eigenvalue weighted by Crippen LogP contribution is 2.01. The Bertz CT molecular complexity index is 337. The lowest BCUT2D eigenvalue weighted by Gasteiger charge is -2.09. The Kier molecular flexibility index (Phi) is 3.30. The van der Waals surface area contributed by atoms with Crippen LogP contribution >= 0.6 is 0 Å². The molecule has 0 aromatic carbocycles. The predicted octanol–water partition coefficient (Wildman–Crippen LogP) is -0.0631. The molecule has 1 atom stereocenters. The molecule has 74 valence electrons. The Balaban J connectivity index is 2.89. The van der Waals surface area contributed by atoms with E-state index in [1.165, 1.54) is 31.6 Å². The minimum absolute atomic E-state index is 0.335. The Morgan fingerprint density at radius 1 is 1.43 bits per heavy atom. The van der Waals surface area contributed by atoms with Crippen LogP contribution in [0.3, 0.4) is 0 Å². The quantitative estimate of drug-likeness (QED) is 0.518. The molecule has 1 rings (SSSR count). The van der Waals surface area contributed by atoms with Crippen molar-refractivity contribution in [2.45, 2.75) is 6.04 Å². The molecule has 0 radical (unpaired) electrons. The summed E-state index contributed by atoms with van der Waals surface area (Å²) in [5.74, 6) is -1.66. The number of carbonyl (C=O) groups excluding carboxylic acids is 1. The van der Waals surface area contributed by atoms with Crippen molar-refractivity contribution >= 4 is 11.8 Å². The van der Waals surface area contributed by atoms with Crippen molar-refractivity contribution in [2.24, 2.45) is 0 Å². The number of aromatic nitrogens is 1. The van der Waals surface area contributed by atoms with Crippen molar-refractivity contribution in [2.75, 3.05) is 7.05 Å². The summed E-state index contributed by atoms with van der Waals surface area (Å²) >= 11 is 0. The van der Waals surface area contributed by atoms with Crippen molar-refractivity contribution in [1.82, 2.24) is 10.3 Å². The number of likely N-dealkylation sites (N-methyl/N-ethyl adjacent to an activating group) is 1. The minimum Gasteiger partial charge on any atom is -0.480 e. The average Bonchev–Trinajstić information content (AvgIpc) is 2.19. The fourth-order valence-electron chi connectivity index (χ4n) is 1.05. The van der Waals surface area contributed by atoms with Crippen LogP contribution in [0.15, 0.2) is 24.5 Å². The maximum atomic E-state index is 11.5. The van der Waals surface area contributed by atoms with Crippen LogP contribution in [0.1, 0.15) is 10.4 Å². The lowest BCUT2D eigenvalue weighted by Crippen LogP contribution is -2.41. The molecule has 0 saturated heterocycles. The Morgan fingerprint density at radius 2 is 2.00 bits per heavy atom. The van der Waals surface area contributed by atoms with E-state index < -0.39 is 17.8 Å². The smallest absolute Gasteiger partial charge is 0.328 e. The van der Waals surface area contributed by atoms with Gasteiger partial charge in [0.1, 0.15) is 0 Å². The number of aliphatic carboxylic acids is 1. The van der Waals surface area contributed by atoms with Crippen LogP contribution < -0.4 is 5.32 Å². The summed E-state index contributed by atoms with van der Waals surface area (Å²) < 4.78 is 0. The molecule has 0 saturated carbocycles. The summed E-state index contributed by atoms with van der Waals surface area (Å²) in [6, 6.07) is 1.77. The average molecular weight is 194 g/mol. The van der Waals surface area contributed by atoms with Gasteiger partial charge in [-0.3, -0.25) is 14.6 Å². The molecule has 5 heteroatoms. The number of carboxylic acids is 1. The molecule has 2 N–H and O–H groups in total. The molecule has 1 aromatic rings. The first-order valence-electron chi connectivity index (χ1n) is 4.01. The van der Waals surface area contributed by atoms with Gasteiger partial charge < -0.3 is 10.4 Å². The zero-order valence-electron chi connectivity index (χ0n) is 7.60. The number of pyridine rings is 1. The maximum Gasteiger partial charge on any atom is 0.328 e. The van der Waals surface area contributed by atoms with Gasteiger partial charge in [0, 0.05) is 18.0 Å². The van der Waals surface area contributed by atoms with Gasteiger partial charge in [0.2, 0.25) is 0 Å². The van der Waals surface area contributed by atoms with E-state index in [4.69, 9.17) is 5.11 Å². The number of carboxylic acid groups (broad SMARTS) is 1. The van der Waals surface area contributed by atoms with Crippen molar-refractivity contribution in [1.29, 1.82) is 0 Å². The molecular formula is C9H10N2O3. The van der Waals surface area contributed by atoms with Crippen LogP contribution in [-0.2, 0) is 4.79 Å². The third-order valence-corrected chi connectivity index (χ3v) is 1.76. The zero-order chi connectivity index (χ0) is 10.6. The van der Waals surface area contributed by atoms with Gasteiger partial charge in [-0.15, -0.1) is 0 Å². The summed E-state index contributed by atoms with van der Waals surface area (Å²) in [7, 11) is 1.43. The number of nitrogens with zero attached hydrogens (tertiary/aromatic N) is 1. The molecule has 1 unspecified atom stereocenters. The van der Waals surface area contributed by atoms with Crippen molar-refractivity contribution in [3.05, 3.63) is 30.1 Å². The maximum absolute atomic E-state index is 11.5. The van der Waals surface area contributed by atoms with Gasteiger partial charge in [-0.1, -0.05) is 0 Å². The van der Waals surface area contributed by atoms with Gasteiger partial charge in [0.05, 0.1) is 0 Å². The Labute approximate surface area is 80.8 Å². The molecule has 0 aliphatic heterocycles. The van der Waals surface area contributed by atoms with Crippen molar-refractivity contribution in [3.63, 3.8) is 0 Å². The number of hydrogen-bond acceptors (Lipinski definition) is 4. The van der Waals surface area contributed by atoms with Gasteiger partial charge in [0.25, 0.3) is 0 Å². The van der Waals surface area contributed by atoms with Crippen molar-refractivity contribution in [3.8, 4) is 0 Å². The second-order valence-corrected chi connectivity index (χ2v) is 2.66. The van der Waals surface area contributed by atoms with Gasteiger partial charge in [-0.2, -0.15) is 0 Å². The second-order valence-electron chi connectivity index (χ2n) is 2.66. The molecule has 0 spiro atoms. The minimum atomic E-state index is -1.20. The van der Waals surface area contributed by atoms with E-state index in [1.807, 2.05) is 0 Å². The van der Waals surface area contributed by atoms with Crippen LogP contribution in [0.5, 0.6) is 0 Å². The molecule has 0 aliphatic carbocycles. The molecule has 1 aromatic heterocycles. The highest BCUT2D eigenvalue weighted by Gasteiger charge is 2.24. The fraction of sp³-hybridized carbons (Fsp3) is 0.222. The summed E-state index contributed by atoms with van der Waals surface area (Å²) in [6.45, 7) is 0. The molecule has 14 heavy (non-hydrogen) atoms. The van der Waals surface area contributed by atoms with Crippen LogP contribution in [-0.4, -0.2) is 34.9 Å². The molecule has 5 nitrogen and oxygen atoms in total. The van der Waals surface area contributed by atoms with Crippen molar-refractivity contribution < 1.29 is 14.7 Å². The van der Waals surface area contributed by atoms with Crippen LogP contribution in [0.25, 0.3) is 0 Å². The summed E-state index contributed by atoms with van der Waals surface area (Å²) in [6.07, 6.45) is 2.89. The lowest BCUT2D eigenvalue weighted by atomic mass is 10.1. The number of hydrogen-bond donors (Lipinski definition) is 2. The van der Waals surface area contributed by atoms with E-state index >= 15 is 0 Å². The SMILES string of the molecule is CNC(C(=O)O)C(=O)c1ccncc1. The van der Waals surface area contributed by atoms with E-state index in [0.717, 1.165) is 0 Å². The first-order valence-corrected chi connectivity index (χ1v) is 4.01. The highest BCUT2D eigenvalue weighted by molar-refractivity contribution is 6.11. The number of rotatable bonds is 4. The monoisotopic (exact) mass is 194 g/mol. The van der Waals surface area contributed by atoms with Gasteiger partial charge in [0.15, 0.2) is 11.8 Å². The molecule has 0 bridgehead atoms. The van der Waals surface area contributed by atoms with Gasteiger partial charge in [-0.25, -0.2) is 0 Å². The lowest BCUT2D eigenvalue weighted by molar-refractivity contribution is -0.137. The van der Waals surface area contributed by atoms with Crippen LogP contribution in [0, 0.1) is 0 Å². The van der Waals surface area contributed by atoms with E-state index in [2.05, 4.69) is 10.3 Å². The van der Waals surface area contributed by atoms with Crippen LogP contribution in [0.2, 0.25) is 0 Å². The third-order valence-electron chi connectivity index (χ3n) is 1.76. The molecule has 0 aliphatic rings. The Morgan fingerprint density at radius 3 is 2.43 bits per heavy atom. The third kappa shape index (κ3) is 2.14. The fourth-order valence-corrected chi connectivity index (χ4v) is 1.05. The summed E-state index contributed by atoms with van der Waals surface area (Å²) in [5, 5.41) is 11.1. The summed E-state index contributed by atoms with van der Waals surface area (Å²) in [5.41, 5.74) is 0.335. The highest BCUT2D eigenvalue weighted by atomic mass is 16.4. The standard InChI is InChI=1S/C9H10N2O3/c1-10-7(9(13)14)8(12)6-2-4-11-5-3-6/h2-5,7,10H,1H3,(H,13,14). The number of ketones is 1. The van der Waals surface area contributed by atoms with E-state index in [0.29, 0.717) is 5.56 Å². The molecule has 0 fully saturated rings. The summed E-state index contributed by atoms with van der Waals surface area (Å²) in [4.78, 5) is 25.9. The molecule has 1 heterocycles. The topological polar surface area (TPSA) is 79.3 Å². The van der Waals surface area contributed by atoms with E-state index in [1.54, 1.807) is 0 Å². The predicted molar refractivity (Wildman–Crippen MR) is 49.1 cm³/mol. The number of nitrogens with one attached hydrogen (secondary N) is 1. The largest absolute Gasteiger partial charge is 0.480 e. The zero-order valence-corrected chi connectivity index (χ0v) is 7.60. The molecule has 0 amide bonds. The normalized spacial score (nSPS) is 12.1. The molecular weight excluding hydrogens is 184 g/mol. The number of carbonyl (C=O) groups is 2.